The van der Waals surface area contributed by atoms with Crippen LogP contribution < -0.4 is 5.32 Å². The summed E-state index contributed by atoms with van der Waals surface area (Å²) in [5.41, 5.74) is 0.738. The monoisotopic (exact) mass is 336 g/mol. The van der Waals surface area contributed by atoms with Gasteiger partial charge >= 0.3 is 0 Å². The number of furan rings is 1. The molecule has 0 unspecified atom stereocenters. The average molecular weight is 337 g/mol. The van der Waals surface area contributed by atoms with E-state index in [0.29, 0.717) is 11.7 Å². The van der Waals surface area contributed by atoms with Crippen LogP contribution in [0.3, 0.4) is 0 Å². The van der Waals surface area contributed by atoms with Crippen molar-refractivity contribution in [1.29, 1.82) is 0 Å². The van der Waals surface area contributed by atoms with Crippen LogP contribution in [0.4, 0.5) is 0 Å². The van der Waals surface area contributed by atoms with Crippen molar-refractivity contribution in [2.24, 2.45) is 5.92 Å². The second-order valence-electron chi connectivity index (χ2n) is 5.23. The van der Waals surface area contributed by atoms with E-state index in [1.807, 2.05) is 36.2 Å². The predicted octanol–water partition coefficient (Wildman–Crippen LogP) is 2.88. The fraction of sp³-hybridized carbons (Fsp3) is 0.400. The van der Waals surface area contributed by atoms with E-state index in [1.54, 1.807) is 0 Å². The molecule has 20 heavy (non-hydrogen) atoms. The Morgan fingerprint density at radius 1 is 1.55 bits per heavy atom. The molecule has 1 aliphatic heterocycles. The molecule has 4 nitrogen and oxygen atoms in total. The van der Waals surface area contributed by atoms with Gasteiger partial charge in [0, 0.05) is 18.5 Å². The van der Waals surface area contributed by atoms with Crippen LogP contribution in [0, 0.1) is 5.92 Å². The summed E-state index contributed by atoms with van der Waals surface area (Å²) in [7, 11) is 1.95. The highest BCUT2D eigenvalue weighted by Crippen LogP contribution is 2.28. The Balaban J connectivity index is 1.81. The second kappa shape index (κ2) is 5.58. The molecule has 1 aliphatic rings. The number of hydrogen-bond donors (Lipinski definition) is 1. The van der Waals surface area contributed by atoms with Crippen LogP contribution in [0.5, 0.6) is 0 Å². The lowest BCUT2D eigenvalue weighted by Gasteiger charge is -2.14. The van der Waals surface area contributed by atoms with Gasteiger partial charge in [-0.1, -0.05) is 12.1 Å². The highest BCUT2D eigenvalue weighted by Gasteiger charge is 2.28. The minimum Gasteiger partial charge on any atom is -0.450 e. The van der Waals surface area contributed by atoms with Crippen molar-refractivity contribution in [2.45, 2.75) is 6.42 Å². The molecule has 1 fully saturated rings. The highest BCUT2D eigenvalue weighted by molar-refractivity contribution is 9.10. The average Bonchev–Trinajstić information content (AvgIpc) is 3.05. The fourth-order valence-electron chi connectivity index (χ4n) is 2.76. The molecular formula is C15H17BrN2O2. The zero-order valence-electron chi connectivity index (χ0n) is 11.4. The molecule has 2 aromatic rings. The normalized spacial score (nSPS) is 18.9. The van der Waals surface area contributed by atoms with Crippen LogP contribution in [-0.4, -0.2) is 37.5 Å². The van der Waals surface area contributed by atoms with Crippen molar-refractivity contribution in [2.75, 3.05) is 26.7 Å². The number of likely N-dealkylation sites (tertiary alicyclic amines) is 1. The van der Waals surface area contributed by atoms with E-state index in [4.69, 9.17) is 4.42 Å². The molecule has 0 radical (unpaired) electrons. The molecule has 1 N–H and O–H groups in total. The van der Waals surface area contributed by atoms with Gasteiger partial charge in [0.2, 0.25) is 0 Å². The molecule has 3 rings (SSSR count). The summed E-state index contributed by atoms with van der Waals surface area (Å²) in [4.78, 5) is 14.4. The molecule has 0 saturated carbocycles. The van der Waals surface area contributed by atoms with Crippen molar-refractivity contribution < 1.29 is 9.21 Å². The van der Waals surface area contributed by atoms with Crippen LogP contribution in [0.2, 0.25) is 0 Å². The molecular weight excluding hydrogens is 320 g/mol. The van der Waals surface area contributed by atoms with Gasteiger partial charge in [0.1, 0.15) is 5.58 Å². The van der Waals surface area contributed by atoms with Gasteiger partial charge in [-0.25, -0.2) is 0 Å². The number of amides is 1. The number of para-hydroxylation sites is 1. The van der Waals surface area contributed by atoms with Crippen molar-refractivity contribution in [3.63, 3.8) is 0 Å². The zero-order valence-corrected chi connectivity index (χ0v) is 12.9. The standard InChI is InChI=1S/C15H17BrN2O2/c1-17-8-10-5-6-18(9-10)15(19)13-7-11-3-2-4-12(16)14(11)20-13/h2-4,7,10,17H,5-6,8-9H2,1H3/t10-/m0/s1. The Morgan fingerprint density at radius 2 is 2.40 bits per heavy atom. The van der Waals surface area contributed by atoms with Crippen molar-refractivity contribution in [1.82, 2.24) is 10.2 Å². The predicted molar refractivity (Wildman–Crippen MR) is 81.9 cm³/mol. The zero-order chi connectivity index (χ0) is 14.1. The Morgan fingerprint density at radius 3 is 3.15 bits per heavy atom. The highest BCUT2D eigenvalue weighted by atomic mass is 79.9. The smallest absolute Gasteiger partial charge is 0.289 e. The summed E-state index contributed by atoms with van der Waals surface area (Å²) in [6, 6.07) is 7.63. The van der Waals surface area contributed by atoms with E-state index in [-0.39, 0.29) is 5.91 Å². The Bertz CT molecular complexity index is 638. The quantitative estimate of drug-likeness (QED) is 0.937. The number of benzene rings is 1. The first kappa shape index (κ1) is 13.6. The number of rotatable bonds is 3. The van der Waals surface area contributed by atoms with Crippen molar-refractivity contribution >= 4 is 32.8 Å². The SMILES string of the molecule is CNC[C@@H]1CCN(C(=O)c2cc3cccc(Br)c3o2)C1. The lowest BCUT2D eigenvalue weighted by molar-refractivity contribution is 0.0758. The minimum atomic E-state index is -0.00768. The first-order valence-corrected chi connectivity index (χ1v) is 7.60. The first-order valence-electron chi connectivity index (χ1n) is 6.81. The van der Waals surface area contributed by atoms with Crippen LogP contribution in [0.1, 0.15) is 17.0 Å². The van der Waals surface area contributed by atoms with E-state index in [0.717, 1.165) is 41.5 Å². The van der Waals surface area contributed by atoms with Gasteiger partial charge in [-0.3, -0.25) is 4.79 Å². The van der Waals surface area contributed by atoms with Gasteiger partial charge in [0.05, 0.1) is 4.47 Å². The summed E-state index contributed by atoms with van der Waals surface area (Å²) in [5, 5.41) is 4.12. The molecule has 1 aromatic heterocycles. The van der Waals surface area contributed by atoms with Crippen molar-refractivity contribution in [3.8, 4) is 0 Å². The van der Waals surface area contributed by atoms with Crippen molar-refractivity contribution in [3.05, 3.63) is 34.5 Å². The van der Waals surface area contributed by atoms with Crippen LogP contribution in [0.15, 0.2) is 33.2 Å². The molecule has 1 aromatic carbocycles. The van der Waals surface area contributed by atoms with Gasteiger partial charge in [-0.05, 0) is 54.0 Å². The third kappa shape index (κ3) is 2.47. The summed E-state index contributed by atoms with van der Waals surface area (Å²) in [5.74, 6) is 0.962. The van der Waals surface area contributed by atoms with Crippen LogP contribution in [-0.2, 0) is 0 Å². The summed E-state index contributed by atoms with van der Waals surface area (Å²) in [6.45, 7) is 2.57. The molecule has 1 atom stereocenters. The fourth-order valence-corrected chi connectivity index (χ4v) is 3.22. The molecule has 0 bridgehead atoms. The van der Waals surface area contributed by atoms with E-state index in [9.17, 15) is 4.79 Å². The number of hydrogen-bond acceptors (Lipinski definition) is 3. The Hall–Kier alpha value is -1.33. The number of carbonyl (C=O) groups excluding carboxylic acids is 1. The summed E-state index contributed by atoms with van der Waals surface area (Å²) in [6.07, 6.45) is 1.05. The maximum absolute atomic E-state index is 12.5. The molecule has 2 heterocycles. The summed E-state index contributed by atoms with van der Waals surface area (Å²) >= 11 is 3.45. The topological polar surface area (TPSA) is 45.5 Å². The first-order chi connectivity index (χ1) is 9.69. The maximum atomic E-state index is 12.5. The van der Waals surface area contributed by atoms with E-state index in [1.165, 1.54) is 0 Å². The van der Waals surface area contributed by atoms with Gasteiger partial charge < -0.3 is 14.6 Å². The number of halogens is 1. The molecule has 1 amide bonds. The lowest BCUT2D eigenvalue weighted by atomic mass is 10.1. The number of nitrogens with one attached hydrogen (secondary N) is 1. The molecule has 0 spiro atoms. The van der Waals surface area contributed by atoms with Gasteiger partial charge in [-0.2, -0.15) is 0 Å². The van der Waals surface area contributed by atoms with E-state index < -0.39 is 0 Å². The number of fused-ring (bicyclic) bond motifs is 1. The maximum Gasteiger partial charge on any atom is 0.289 e. The number of nitrogens with zero attached hydrogens (tertiary/aromatic N) is 1. The minimum absolute atomic E-state index is 0.00768. The molecule has 0 aliphatic carbocycles. The van der Waals surface area contributed by atoms with Gasteiger partial charge in [-0.15, -0.1) is 0 Å². The van der Waals surface area contributed by atoms with E-state index >= 15 is 0 Å². The second-order valence-corrected chi connectivity index (χ2v) is 6.09. The third-order valence-corrected chi connectivity index (χ3v) is 4.40. The van der Waals surface area contributed by atoms with E-state index in [2.05, 4.69) is 21.2 Å². The molecule has 106 valence electrons. The summed E-state index contributed by atoms with van der Waals surface area (Å²) < 4.78 is 6.59. The third-order valence-electron chi connectivity index (χ3n) is 3.77. The van der Waals surface area contributed by atoms with Crippen LogP contribution >= 0.6 is 15.9 Å². The van der Waals surface area contributed by atoms with Gasteiger partial charge in [0.25, 0.3) is 5.91 Å². The largest absolute Gasteiger partial charge is 0.450 e. The Kier molecular flexibility index (Phi) is 3.81. The molecule has 1 saturated heterocycles. The van der Waals surface area contributed by atoms with Crippen LogP contribution in [0.25, 0.3) is 11.0 Å². The van der Waals surface area contributed by atoms with Gasteiger partial charge in [0.15, 0.2) is 5.76 Å². The number of carbonyl (C=O) groups is 1. The lowest BCUT2D eigenvalue weighted by Crippen LogP contribution is -2.30. The Labute approximate surface area is 126 Å². The molecule has 5 heteroatoms.